The minimum atomic E-state index is -3.64. The van der Waals surface area contributed by atoms with Crippen LogP contribution in [-0.2, 0) is 14.8 Å². The number of nitrogens with one attached hydrogen (secondary N) is 2. The summed E-state index contributed by atoms with van der Waals surface area (Å²) in [7, 11) is -3.64. The summed E-state index contributed by atoms with van der Waals surface area (Å²) in [5.74, 6) is -6.90. The van der Waals surface area contributed by atoms with Crippen LogP contribution in [-0.4, -0.2) is 31.7 Å². The SMILES string of the molecule is CS(=O)(=O)NC(=O)[C@H]1CC[C@@H](Sc2cc(C(=O)Nc3cc(F)c(F)c(F)c3)ccc2F)CC1. The van der Waals surface area contributed by atoms with E-state index in [-0.39, 0.29) is 21.4 Å². The Hall–Kier alpha value is -2.60. The van der Waals surface area contributed by atoms with Crippen LogP contribution in [0.15, 0.2) is 35.2 Å². The monoisotopic (exact) mass is 504 g/mol. The number of anilines is 1. The molecule has 0 spiro atoms. The summed E-state index contributed by atoms with van der Waals surface area (Å²) < 4.78 is 78.5. The largest absolute Gasteiger partial charge is 0.322 e. The van der Waals surface area contributed by atoms with Crippen LogP contribution in [0.5, 0.6) is 0 Å². The van der Waals surface area contributed by atoms with E-state index in [9.17, 15) is 35.6 Å². The molecule has 0 aromatic heterocycles. The van der Waals surface area contributed by atoms with Crippen molar-refractivity contribution in [2.45, 2.75) is 35.8 Å². The maximum absolute atomic E-state index is 14.3. The van der Waals surface area contributed by atoms with Crippen molar-refractivity contribution in [3.05, 3.63) is 59.2 Å². The molecule has 0 heterocycles. The fraction of sp³-hybridized carbons (Fsp3) is 0.333. The predicted molar refractivity (Wildman–Crippen MR) is 115 cm³/mol. The van der Waals surface area contributed by atoms with Gasteiger partial charge < -0.3 is 5.32 Å². The van der Waals surface area contributed by atoms with Crippen LogP contribution < -0.4 is 10.0 Å². The summed E-state index contributed by atoms with van der Waals surface area (Å²) in [4.78, 5) is 24.6. The highest BCUT2D eigenvalue weighted by Crippen LogP contribution is 2.37. The Labute approximate surface area is 192 Å². The Bertz CT molecular complexity index is 1160. The topological polar surface area (TPSA) is 92.3 Å². The molecule has 3 rings (SSSR count). The van der Waals surface area contributed by atoms with Gasteiger partial charge in [-0.3, -0.25) is 14.3 Å². The van der Waals surface area contributed by atoms with Crippen LogP contribution in [0.4, 0.5) is 23.2 Å². The standard InChI is InChI=1S/C21H20F4N2O4S2/c1-33(30,31)27-21(29)11-2-5-14(6-3-11)32-18-8-12(4-7-15(18)22)20(28)26-13-9-16(23)19(25)17(24)10-13/h4,7-11,14H,2-3,5-6H2,1H3,(H,26,28)(H,27,29)/t11-,14+. The third-order valence-electron chi connectivity index (χ3n) is 5.06. The molecule has 1 aliphatic carbocycles. The van der Waals surface area contributed by atoms with Gasteiger partial charge in [-0.1, -0.05) is 0 Å². The highest BCUT2D eigenvalue weighted by Gasteiger charge is 2.29. The molecule has 12 heteroatoms. The van der Waals surface area contributed by atoms with Crippen molar-refractivity contribution in [2.75, 3.05) is 11.6 Å². The van der Waals surface area contributed by atoms with E-state index in [1.165, 1.54) is 23.9 Å². The van der Waals surface area contributed by atoms with Gasteiger partial charge in [-0.2, -0.15) is 0 Å². The molecule has 2 N–H and O–H groups in total. The summed E-state index contributed by atoms with van der Waals surface area (Å²) >= 11 is 1.19. The Morgan fingerprint density at radius 1 is 0.939 bits per heavy atom. The summed E-state index contributed by atoms with van der Waals surface area (Å²) in [5, 5.41) is 2.19. The third kappa shape index (κ3) is 6.70. The maximum Gasteiger partial charge on any atom is 0.255 e. The molecule has 1 aliphatic rings. The van der Waals surface area contributed by atoms with Crippen molar-refractivity contribution in [3.8, 4) is 0 Å². The van der Waals surface area contributed by atoms with E-state index in [1.807, 2.05) is 4.72 Å². The lowest BCUT2D eigenvalue weighted by Gasteiger charge is -2.27. The second-order valence-corrected chi connectivity index (χ2v) is 10.8. The van der Waals surface area contributed by atoms with Gasteiger partial charge in [-0.25, -0.2) is 26.0 Å². The van der Waals surface area contributed by atoms with Gasteiger partial charge >= 0.3 is 0 Å². The molecule has 0 atom stereocenters. The zero-order valence-corrected chi connectivity index (χ0v) is 19.0. The number of hydrogen-bond donors (Lipinski definition) is 2. The number of benzene rings is 2. The Morgan fingerprint density at radius 3 is 2.12 bits per heavy atom. The zero-order chi connectivity index (χ0) is 24.3. The highest BCUT2D eigenvalue weighted by molar-refractivity contribution is 8.00. The molecule has 2 aromatic carbocycles. The first-order chi connectivity index (χ1) is 15.4. The van der Waals surface area contributed by atoms with Gasteiger partial charge in [0, 0.05) is 39.4 Å². The van der Waals surface area contributed by atoms with Gasteiger partial charge in [0.05, 0.1) is 6.26 Å². The van der Waals surface area contributed by atoms with Gasteiger partial charge in [-0.05, 0) is 43.9 Å². The summed E-state index contributed by atoms with van der Waals surface area (Å²) in [5.41, 5.74) is -0.258. The molecule has 0 radical (unpaired) electrons. The predicted octanol–water partition coefficient (Wildman–Crippen LogP) is 4.22. The molecular weight excluding hydrogens is 484 g/mol. The average Bonchev–Trinajstić information content (AvgIpc) is 2.72. The smallest absolute Gasteiger partial charge is 0.255 e. The Balaban J connectivity index is 1.64. The minimum Gasteiger partial charge on any atom is -0.322 e. The fourth-order valence-corrected chi connectivity index (χ4v) is 5.23. The molecule has 2 amide bonds. The number of sulfonamides is 1. The lowest BCUT2D eigenvalue weighted by Crippen LogP contribution is -2.36. The first kappa shape index (κ1) is 25.0. The minimum absolute atomic E-state index is 0.0326. The number of thioether (sulfide) groups is 1. The Kier molecular flexibility index (Phi) is 7.68. The Morgan fingerprint density at radius 2 is 1.55 bits per heavy atom. The van der Waals surface area contributed by atoms with Crippen LogP contribution in [0.2, 0.25) is 0 Å². The molecule has 0 saturated heterocycles. The quantitative estimate of drug-likeness (QED) is 0.454. The van der Waals surface area contributed by atoms with Crippen LogP contribution in [0, 0.1) is 29.2 Å². The average molecular weight is 505 g/mol. The second kappa shape index (κ2) is 10.1. The van der Waals surface area contributed by atoms with Gasteiger partial charge in [0.2, 0.25) is 15.9 Å². The number of carbonyl (C=O) groups is 2. The van der Waals surface area contributed by atoms with E-state index in [4.69, 9.17) is 0 Å². The molecule has 0 unspecified atom stereocenters. The van der Waals surface area contributed by atoms with Gasteiger partial charge in [0.15, 0.2) is 17.5 Å². The lowest BCUT2D eigenvalue weighted by molar-refractivity contribution is -0.124. The van der Waals surface area contributed by atoms with Gasteiger partial charge in [-0.15, -0.1) is 11.8 Å². The molecule has 1 fully saturated rings. The number of halogens is 4. The summed E-state index contributed by atoms with van der Waals surface area (Å²) in [6, 6.07) is 4.86. The second-order valence-electron chi connectivity index (χ2n) is 7.68. The van der Waals surface area contributed by atoms with Crippen LogP contribution in [0.1, 0.15) is 36.0 Å². The number of amides is 2. The number of hydrogen-bond acceptors (Lipinski definition) is 5. The molecular formula is C21H20F4N2O4S2. The van der Waals surface area contributed by atoms with Crippen LogP contribution >= 0.6 is 11.8 Å². The molecule has 6 nitrogen and oxygen atoms in total. The van der Waals surface area contributed by atoms with Crippen LogP contribution in [0.25, 0.3) is 0 Å². The molecule has 0 aliphatic heterocycles. The van der Waals surface area contributed by atoms with Crippen molar-refractivity contribution in [2.24, 2.45) is 5.92 Å². The number of carbonyl (C=O) groups excluding carboxylic acids is 2. The molecule has 33 heavy (non-hydrogen) atoms. The lowest BCUT2D eigenvalue weighted by atomic mass is 9.88. The molecule has 0 bridgehead atoms. The van der Waals surface area contributed by atoms with Crippen molar-refractivity contribution < 1.29 is 35.6 Å². The summed E-state index contributed by atoms with van der Waals surface area (Å²) in [6.07, 6.45) is 2.85. The number of rotatable bonds is 6. The van der Waals surface area contributed by atoms with E-state index in [2.05, 4.69) is 5.32 Å². The summed E-state index contributed by atoms with van der Waals surface area (Å²) in [6.45, 7) is 0. The van der Waals surface area contributed by atoms with E-state index in [1.54, 1.807) is 0 Å². The highest BCUT2D eigenvalue weighted by atomic mass is 32.2. The molecule has 2 aromatic rings. The van der Waals surface area contributed by atoms with Crippen molar-refractivity contribution in [1.29, 1.82) is 0 Å². The van der Waals surface area contributed by atoms with Crippen LogP contribution in [0.3, 0.4) is 0 Å². The van der Waals surface area contributed by atoms with E-state index in [0.717, 1.165) is 12.3 Å². The van der Waals surface area contributed by atoms with Crippen molar-refractivity contribution >= 4 is 39.3 Å². The van der Waals surface area contributed by atoms with Gasteiger partial charge in [0.25, 0.3) is 5.91 Å². The van der Waals surface area contributed by atoms with Gasteiger partial charge in [0.1, 0.15) is 5.82 Å². The normalized spacial score (nSPS) is 18.6. The first-order valence-electron chi connectivity index (χ1n) is 9.86. The zero-order valence-electron chi connectivity index (χ0n) is 17.3. The van der Waals surface area contributed by atoms with Crippen molar-refractivity contribution in [3.63, 3.8) is 0 Å². The first-order valence-corrected chi connectivity index (χ1v) is 12.6. The third-order valence-corrected chi connectivity index (χ3v) is 7.00. The van der Waals surface area contributed by atoms with Crippen molar-refractivity contribution in [1.82, 2.24) is 4.72 Å². The fourth-order valence-electron chi connectivity index (χ4n) is 3.45. The molecule has 178 valence electrons. The molecule has 1 saturated carbocycles. The maximum atomic E-state index is 14.3. The van der Waals surface area contributed by atoms with E-state index < -0.39 is 51.0 Å². The van der Waals surface area contributed by atoms with E-state index >= 15 is 0 Å². The van der Waals surface area contributed by atoms with E-state index in [0.29, 0.717) is 37.8 Å².